The first-order chi connectivity index (χ1) is 14.0. The summed E-state index contributed by atoms with van der Waals surface area (Å²) in [5.41, 5.74) is 4.21. The molecule has 4 rings (SSSR count). The second kappa shape index (κ2) is 8.01. The first-order valence-electron chi connectivity index (χ1n) is 9.03. The molecule has 29 heavy (non-hydrogen) atoms. The van der Waals surface area contributed by atoms with Gasteiger partial charge in [0.2, 0.25) is 0 Å². The van der Waals surface area contributed by atoms with E-state index in [9.17, 15) is 4.79 Å². The Morgan fingerprint density at radius 3 is 2.38 bits per heavy atom. The van der Waals surface area contributed by atoms with Crippen LogP contribution in [0.3, 0.4) is 0 Å². The number of ether oxygens (including phenoxy) is 1. The number of nitrogens with zero attached hydrogens (tertiary/aromatic N) is 2. The molecule has 0 spiro atoms. The van der Waals surface area contributed by atoms with Gasteiger partial charge >= 0.3 is 5.97 Å². The molecule has 0 unspecified atom stereocenters. The molecule has 144 valence electrons. The molecule has 3 aromatic carbocycles. The van der Waals surface area contributed by atoms with Crippen LogP contribution in [0.15, 0.2) is 71.2 Å². The SMILES string of the molecule is COC(=O)c1ccc(-c2nnc(Nc3cc(C)cc(Br)c3)c3ccccc23)cc1. The van der Waals surface area contributed by atoms with Crippen LogP contribution in [-0.2, 0) is 4.74 Å². The maximum absolute atomic E-state index is 11.7. The van der Waals surface area contributed by atoms with Crippen LogP contribution in [0.1, 0.15) is 15.9 Å². The van der Waals surface area contributed by atoms with Crippen molar-refractivity contribution >= 4 is 44.2 Å². The summed E-state index contributed by atoms with van der Waals surface area (Å²) in [5, 5.41) is 14.2. The summed E-state index contributed by atoms with van der Waals surface area (Å²) in [6.07, 6.45) is 0. The minimum absolute atomic E-state index is 0.364. The van der Waals surface area contributed by atoms with E-state index in [0.717, 1.165) is 37.8 Å². The van der Waals surface area contributed by atoms with E-state index >= 15 is 0 Å². The maximum Gasteiger partial charge on any atom is 0.337 e. The van der Waals surface area contributed by atoms with Crippen molar-refractivity contribution in [3.63, 3.8) is 0 Å². The van der Waals surface area contributed by atoms with Crippen LogP contribution in [0.25, 0.3) is 22.0 Å². The number of halogens is 1. The van der Waals surface area contributed by atoms with Crippen molar-refractivity contribution < 1.29 is 9.53 Å². The second-order valence-corrected chi connectivity index (χ2v) is 7.57. The molecule has 0 bridgehead atoms. The van der Waals surface area contributed by atoms with Gasteiger partial charge in [0.1, 0.15) is 5.69 Å². The summed E-state index contributed by atoms with van der Waals surface area (Å²) < 4.78 is 5.76. The molecule has 0 fully saturated rings. The van der Waals surface area contributed by atoms with E-state index in [1.807, 2.05) is 49.4 Å². The lowest BCUT2D eigenvalue weighted by atomic mass is 10.0. The van der Waals surface area contributed by atoms with Crippen LogP contribution in [-0.4, -0.2) is 23.3 Å². The molecule has 6 heteroatoms. The minimum atomic E-state index is -0.364. The van der Waals surface area contributed by atoms with Gasteiger partial charge in [-0.15, -0.1) is 10.2 Å². The van der Waals surface area contributed by atoms with Gasteiger partial charge in [0.15, 0.2) is 5.82 Å². The summed E-state index contributed by atoms with van der Waals surface area (Å²) in [5.74, 6) is 0.324. The van der Waals surface area contributed by atoms with E-state index in [2.05, 4.69) is 43.6 Å². The number of hydrogen-bond acceptors (Lipinski definition) is 5. The Morgan fingerprint density at radius 1 is 0.966 bits per heavy atom. The number of nitrogens with one attached hydrogen (secondary N) is 1. The van der Waals surface area contributed by atoms with Crippen LogP contribution >= 0.6 is 15.9 Å². The fourth-order valence-corrected chi connectivity index (χ4v) is 3.84. The van der Waals surface area contributed by atoms with Crippen molar-refractivity contribution in [2.45, 2.75) is 6.92 Å². The third-order valence-electron chi connectivity index (χ3n) is 4.57. The Bertz CT molecular complexity index is 1190. The maximum atomic E-state index is 11.7. The van der Waals surface area contributed by atoms with E-state index in [1.54, 1.807) is 12.1 Å². The van der Waals surface area contributed by atoms with Gasteiger partial charge < -0.3 is 10.1 Å². The Hall–Kier alpha value is -3.25. The van der Waals surface area contributed by atoms with Gasteiger partial charge in [-0.2, -0.15) is 0 Å². The number of anilines is 2. The molecular weight excluding hydrogens is 430 g/mol. The first-order valence-corrected chi connectivity index (χ1v) is 9.83. The molecule has 0 radical (unpaired) electrons. The normalized spacial score (nSPS) is 10.7. The van der Waals surface area contributed by atoms with E-state index < -0.39 is 0 Å². The van der Waals surface area contributed by atoms with Crippen molar-refractivity contribution in [2.75, 3.05) is 12.4 Å². The van der Waals surface area contributed by atoms with Crippen molar-refractivity contribution in [1.82, 2.24) is 10.2 Å². The summed E-state index contributed by atoms with van der Waals surface area (Å²) in [7, 11) is 1.37. The highest BCUT2D eigenvalue weighted by Gasteiger charge is 2.12. The standard InChI is InChI=1S/C23H18BrN3O2/c1-14-11-17(24)13-18(12-14)25-22-20-6-4-3-5-19(20)21(26-27-22)15-7-9-16(10-8-15)23(28)29-2/h3-13H,1-2H3,(H,25,27). The summed E-state index contributed by atoms with van der Waals surface area (Å²) in [6, 6.07) is 21.3. The predicted molar refractivity (Wildman–Crippen MR) is 118 cm³/mol. The third-order valence-corrected chi connectivity index (χ3v) is 5.03. The molecule has 0 amide bonds. The van der Waals surface area contributed by atoms with Crippen LogP contribution in [0.5, 0.6) is 0 Å². The lowest BCUT2D eigenvalue weighted by molar-refractivity contribution is 0.0601. The topological polar surface area (TPSA) is 64.1 Å². The zero-order valence-electron chi connectivity index (χ0n) is 15.9. The molecule has 1 aromatic heterocycles. The summed E-state index contributed by atoms with van der Waals surface area (Å²) in [6.45, 7) is 2.04. The third kappa shape index (κ3) is 3.98. The molecule has 1 N–H and O–H groups in total. The van der Waals surface area contributed by atoms with E-state index in [-0.39, 0.29) is 5.97 Å². The van der Waals surface area contributed by atoms with Crippen molar-refractivity contribution in [1.29, 1.82) is 0 Å². The largest absolute Gasteiger partial charge is 0.465 e. The van der Waals surface area contributed by atoms with Crippen LogP contribution in [0, 0.1) is 6.92 Å². The highest BCUT2D eigenvalue weighted by atomic mass is 79.9. The molecule has 0 aliphatic heterocycles. The minimum Gasteiger partial charge on any atom is -0.465 e. The Labute approximate surface area is 176 Å². The highest BCUT2D eigenvalue weighted by molar-refractivity contribution is 9.10. The zero-order chi connectivity index (χ0) is 20.4. The molecule has 0 aliphatic carbocycles. The Balaban J connectivity index is 1.76. The molecule has 0 saturated carbocycles. The van der Waals surface area contributed by atoms with Gasteiger partial charge in [0.05, 0.1) is 12.7 Å². The Morgan fingerprint density at radius 2 is 1.69 bits per heavy atom. The van der Waals surface area contributed by atoms with Crippen molar-refractivity contribution in [3.8, 4) is 11.3 Å². The summed E-state index contributed by atoms with van der Waals surface area (Å²) >= 11 is 3.53. The van der Waals surface area contributed by atoms with E-state index in [0.29, 0.717) is 11.4 Å². The lowest BCUT2D eigenvalue weighted by Gasteiger charge is -2.12. The number of fused-ring (bicyclic) bond motifs is 1. The van der Waals surface area contributed by atoms with Gasteiger partial charge in [-0.05, 0) is 42.8 Å². The smallest absolute Gasteiger partial charge is 0.337 e. The molecule has 0 atom stereocenters. The number of carbonyl (C=O) groups excluding carboxylic acids is 1. The number of hydrogen-bond donors (Lipinski definition) is 1. The molecule has 4 aromatic rings. The highest BCUT2D eigenvalue weighted by Crippen LogP contribution is 2.32. The van der Waals surface area contributed by atoms with Gasteiger partial charge in [0, 0.05) is 26.5 Å². The lowest BCUT2D eigenvalue weighted by Crippen LogP contribution is -2.01. The number of methoxy groups -OCH3 is 1. The van der Waals surface area contributed by atoms with Gasteiger partial charge in [-0.25, -0.2) is 4.79 Å². The Kier molecular flexibility index (Phi) is 5.27. The van der Waals surface area contributed by atoms with Crippen LogP contribution in [0.2, 0.25) is 0 Å². The fraction of sp³-hybridized carbons (Fsp3) is 0.0870. The average molecular weight is 448 g/mol. The second-order valence-electron chi connectivity index (χ2n) is 6.65. The van der Waals surface area contributed by atoms with E-state index in [4.69, 9.17) is 4.74 Å². The summed E-state index contributed by atoms with van der Waals surface area (Å²) in [4.78, 5) is 11.7. The molecule has 0 aliphatic rings. The van der Waals surface area contributed by atoms with E-state index in [1.165, 1.54) is 7.11 Å². The number of esters is 1. The van der Waals surface area contributed by atoms with Gasteiger partial charge in [-0.1, -0.05) is 52.3 Å². The van der Waals surface area contributed by atoms with Gasteiger partial charge in [0.25, 0.3) is 0 Å². The van der Waals surface area contributed by atoms with Crippen LogP contribution in [0.4, 0.5) is 11.5 Å². The molecular formula is C23H18BrN3O2. The average Bonchev–Trinajstić information content (AvgIpc) is 2.73. The molecule has 1 heterocycles. The number of rotatable bonds is 4. The molecule has 0 saturated heterocycles. The van der Waals surface area contributed by atoms with Crippen LogP contribution < -0.4 is 5.32 Å². The number of aryl methyl sites for hydroxylation is 1. The number of benzene rings is 3. The van der Waals surface area contributed by atoms with Crippen molar-refractivity contribution in [2.24, 2.45) is 0 Å². The predicted octanol–water partition coefficient (Wildman–Crippen LogP) is 5.90. The fourth-order valence-electron chi connectivity index (χ4n) is 3.24. The van der Waals surface area contributed by atoms with Crippen molar-refractivity contribution in [3.05, 3.63) is 82.3 Å². The quantitative estimate of drug-likeness (QED) is 0.394. The molecule has 5 nitrogen and oxygen atoms in total. The monoisotopic (exact) mass is 447 g/mol. The number of aromatic nitrogens is 2. The zero-order valence-corrected chi connectivity index (χ0v) is 17.5. The van der Waals surface area contributed by atoms with Gasteiger partial charge in [-0.3, -0.25) is 0 Å². The first kappa shape index (κ1) is 19.1. The number of carbonyl (C=O) groups is 1.